The molecule has 3 aliphatic rings. The number of piperidine rings is 1. The number of likely N-dealkylation sites (tertiary alicyclic amines) is 2. The molecule has 148 valence electrons. The Bertz CT molecular complexity index is 814. The van der Waals surface area contributed by atoms with Crippen molar-refractivity contribution >= 4 is 15.7 Å². The van der Waals surface area contributed by atoms with Crippen LogP contribution in [-0.4, -0.2) is 67.3 Å². The molecular formula is C20H27FN2O3S. The predicted octanol–water partition coefficient (Wildman–Crippen LogP) is 1.87. The lowest BCUT2D eigenvalue weighted by molar-refractivity contribution is -0.136. The van der Waals surface area contributed by atoms with Crippen LogP contribution in [-0.2, 0) is 21.1 Å². The van der Waals surface area contributed by atoms with Gasteiger partial charge < -0.3 is 9.80 Å². The Kier molecular flexibility index (Phi) is 5.01. The highest BCUT2D eigenvalue weighted by atomic mass is 32.2. The normalized spacial score (nSPS) is 26.9. The maximum absolute atomic E-state index is 13.3. The second-order valence-electron chi connectivity index (χ2n) is 8.29. The molecule has 3 heterocycles. The summed E-state index contributed by atoms with van der Waals surface area (Å²) >= 11 is 0. The molecule has 0 bridgehead atoms. The molecule has 3 fully saturated rings. The molecule has 1 unspecified atom stereocenters. The molecule has 1 aromatic carbocycles. The molecule has 27 heavy (non-hydrogen) atoms. The third kappa shape index (κ3) is 3.51. The zero-order valence-electron chi connectivity index (χ0n) is 15.6. The van der Waals surface area contributed by atoms with Gasteiger partial charge in [-0.15, -0.1) is 0 Å². The second kappa shape index (κ2) is 7.17. The van der Waals surface area contributed by atoms with Gasteiger partial charge in [-0.25, -0.2) is 12.8 Å². The van der Waals surface area contributed by atoms with E-state index in [0.717, 1.165) is 19.6 Å². The summed E-state index contributed by atoms with van der Waals surface area (Å²) in [4.78, 5) is 16.6. The van der Waals surface area contributed by atoms with Gasteiger partial charge >= 0.3 is 0 Å². The molecule has 4 rings (SSSR count). The molecule has 1 spiro atoms. The zero-order valence-corrected chi connectivity index (χ0v) is 16.4. The zero-order chi connectivity index (χ0) is 19.1. The van der Waals surface area contributed by atoms with Crippen molar-refractivity contribution in [3.8, 4) is 0 Å². The summed E-state index contributed by atoms with van der Waals surface area (Å²) in [6, 6.07) is 6.02. The summed E-state index contributed by atoms with van der Waals surface area (Å²) < 4.78 is 38.1. The Balaban J connectivity index is 1.42. The van der Waals surface area contributed by atoms with Crippen LogP contribution in [0.4, 0.5) is 4.39 Å². The SMILES string of the molecule is O=C(Cc1cccc(F)c1)N1CC2(C1)C(CN1CCCCC1)CCS2(=O)=O. The molecule has 1 aromatic rings. The van der Waals surface area contributed by atoms with Gasteiger partial charge in [0.1, 0.15) is 10.6 Å². The van der Waals surface area contributed by atoms with Crippen molar-refractivity contribution in [2.24, 2.45) is 5.92 Å². The van der Waals surface area contributed by atoms with Gasteiger partial charge in [-0.2, -0.15) is 0 Å². The number of rotatable bonds is 4. The van der Waals surface area contributed by atoms with Gasteiger partial charge in [0.05, 0.1) is 12.2 Å². The summed E-state index contributed by atoms with van der Waals surface area (Å²) in [6.07, 6.45) is 4.44. The van der Waals surface area contributed by atoms with Crippen molar-refractivity contribution in [1.29, 1.82) is 0 Å². The lowest BCUT2D eigenvalue weighted by Crippen LogP contribution is -2.69. The van der Waals surface area contributed by atoms with Gasteiger partial charge in [-0.05, 0) is 56.0 Å². The fourth-order valence-electron chi connectivity index (χ4n) is 4.89. The Morgan fingerprint density at radius 3 is 2.63 bits per heavy atom. The first-order valence-electron chi connectivity index (χ1n) is 9.86. The van der Waals surface area contributed by atoms with Crippen molar-refractivity contribution in [2.75, 3.05) is 38.5 Å². The summed E-state index contributed by atoms with van der Waals surface area (Å²) in [5.41, 5.74) is 0.625. The van der Waals surface area contributed by atoms with E-state index >= 15 is 0 Å². The maximum atomic E-state index is 13.3. The third-order valence-electron chi connectivity index (χ3n) is 6.54. The highest BCUT2D eigenvalue weighted by molar-refractivity contribution is 7.93. The molecule has 5 nitrogen and oxygen atoms in total. The minimum atomic E-state index is -3.18. The Morgan fingerprint density at radius 2 is 1.93 bits per heavy atom. The molecular weight excluding hydrogens is 367 g/mol. The van der Waals surface area contributed by atoms with Crippen molar-refractivity contribution in [3.63, 3.8) is 0 Å². The fraction of sp³-hybridized carbons (Fsp3) is 0.650. The van der Waals surface area contributed by atoms with Gasteiger partial charge in [0.25, 0.3) is 0 Å². The molecule has 0 N–H and O–H groups in total. The molecule has 1 amide bonds. The average molecular weight is 395 g/mol. The molecule has 1 atom stereocenters. The van der Waals surface area contributed by atoms with E-state index in [1.807, 2.05) is 0 Å². The number of hydrogen-bond acceptors (Lipinski definition) is 4. The molecule has 7 heteroatoms. The predicted molar refractivity (Wildman–Crippen MR) is 102 cm³/mol. The summed E-state index contributed by atoms with van der Waals surface area (Å²) in [5, 5.41) is 0. The van der Waals surface area contributed by atoms with Crippen LogP contribution in [0, 0.1) is 11.7 Å². The highest BCUT2D eigenvalue weighted by Gasteiger charge is 2.62. The number of halogens is 1. The number of hydrogen-bond donors (Lipinski definition) is 0. The fourth-order valence-corrected chi connectivity index (χ4v) is 7.30. The first-order valence-corrected chi connectivity index (χ1v) is 11.5. The molecule has 3 saturated heterocycles. The number of carbonyl (C=O) groups is 1. The molecule has 0 aromatic heterocycles. The van der Waals surface area contributed by atoms with Gasteiger partial charge in [0, 0.05) is 19.6 Å². The van der Waals surface area contributed by atoms with E-state index in [1.165, 1.54) is 31.4 Å². The summed E-state index contributed by atoms with van der Waals surface area (Å²) in [5.74, 6) is -0.138. The Labute approximate surface area is 160 Å². The first-order chi connectivity index (χ1) is 12.9. The first kappa shape index (κ1) is 18.9. The van der Waals surface area contributed by atoms with Crippen LogP contribution >= 0.6 is 0 Å². The van der Waals surface area contributed by atoms with Gasteiger partial charge in [0.2, 0.25) is 5.91 Å². The van der Waals surface area contributed by atoms with Gasteiger partial charge in [0.15, 0.2) is 9.84 Å². The van der Waals surface area contributed by atoms with Crippen molar-refractivity contribution in [2.45, 2.75) is 36.9 Å². The van der Waals surface area contributed by atoms with E-state index in [2.05, 4.69) is 4.90 Å². The maximum Gasteiger partial charge on any atom is 0.227 e. The van der Waals surface area contributed by atoms with Crippen molar-refractivity contribution < 1.29 is 17.6 Å². The van der Waals surface area contributed by atoms with Gasteiger partial charge in [-0.3, -0.25) is 4.79 Å². The largest absolute Gasteiger partial charge is 0.339 e. The quantitative estimate of drug-likeness (QED) is 0.782. The number of benzene rings is 1. The Hall–Kier alpha value is -1.47. The summed E-state index contributed by atoms with van der Waals surface area (Å²) in [6.45, 7) is 3.51. The number of nitrogens with zero attached hydrogens (tertiary/aromatic N) is 2. The van der Waals surface area contributed by atoms with Crippen LogP contribution in [0.15, 0.2) is 24.3 Å². The van der Waals surface area contributed by atoms with Crippen LogP contribution in [0.25, 0.3) is 0 Å². The highest BCUT2D eigenvalue weighted by Crippen LogP contribution is 2.45. The van der Waals surface area contributed by atoms with Crippen LogP contribution in [0.5, 0.6) is 0 Å². The van der Waals surface area contributed by atoms with Crippen LogP contribution < -0.4 is 0 Å². The van der Waals surface area contributed by atoms with Crippen LogP contribution in [0.2, 0.25) is 0 Å². The number of amides is 1. The minimum absolute atomic E-state index is 0.110. The van der Waals surface area contributed by atoms with E-state index in [4.69, 9.17) is 0 Å². The van der Waals surface area contributed by atoms with E-state index in [1.54, 1.807) is 17.0 Å². The average Bonchev–Trinajstić information content (AvgIpc) is 2.85. The molecule has 3 aliphatic heterocycles. The Morgan fingerprint density at radius 1 is 1.19 bits per heavy atom. The van der Waals surface area contributed by atoms with E-state index in [0.29, 0.717) is 25.1 Å². The van der Waals surface area contributed by atoms with Crippen molar-refractivity contribution in [1.82, 2.24) is 9.80 Å². The topological polar surface area (TPSA) is 57.7 Å². The number of sulfone groups is 1. The van der Waals surface area contributed by atoms with Crippen LogP contribution in [0.1, 0.15) is 31.2 Å². The van der Waals surface area contributed by atoms with E-state index in [9.17, 15) is 17.6 Å². The molecule has 0 radical (unpaired) electrons. The second-order valence-corrected chi connectivity index (χ2v) is 10.7. The standard InChI is InChI=1S/C20H27FN2O3S/c21-18-6-4-5-16(11-18)12-19(24)23-14-20(15-23)17(7-10-27(20,25)26)13-22-8-2-1-3-9-22/h4-6,11,17H,1-3,7-10,12-15H2. The van der Waals surface area contributed by atoms with Gasteiger partial charge in [-0.1, -0.05) is 18.6 Å². The minimum Gasteiger partial charge on any atom is -0.339 e. The third-order valence-corrected chi connectivity index (χ3v) is 9.14. The number of carbonyl (C=O) groups excluding carboxylic acids is 1. The van der Waals surface area contributed by atoms with Crippen molar-refractivity contribution in [3.05, 3.63) is 35.6 Å². The lowest BCUT2D eigenvalue weighted by atomic mass is 9.82. The lowest BCUT2D eigenvalue weighted by Gasteiger charge is -2.51. The van der Waals surface area contributed by atoms with Crippen LogP contribution in [0.3, 0.4) is 0 Å². The summed E-state index contributed by atoms with van der Waals surface area (Å²) in [7, 11) is -3.18. The smallest absolute Gasteiger partial charge is 0.227 e. The van der Waals surface area contributed by atoms with E-state index < -0.39 is 14.6 Å². The monoisotopic (exact) mass is 394 g/mol. The molecule has 0 saturated carbocycles. The van der Waals surface area contributed by atoms with E-state index in [-0.39, 0.29) is 29.8 Å². The molecule has 0 aliphatic carbocycles.